The van der Waals surface area contributed by atoms with E-state index >= 15 is 0 Å². The molecule has 2 aliphatic heterocycles. The number of halogens is 3. The van der Waals surface area contributed by atoms with E-state index in [-0.39, 0.29) is 23.4 Å². The zero-order valence-electron chi connectivity index (χ0n) is 15.4. The number of aromatic hydroxyl groups is 1. The molecule has 0 bridgehead atoms. The van der Waals surface area contributed by atoms with Crippen LogP contribution in [0.3, 0.4) is 0 Å². The first kappa shape index (κ1) is 18.9. The molecule has 0 saturated carbocycles. The minimum Gasteiger partial charge on any atom is -0.507 e. The maximum atomic E-state index is 13.3. The molecule has 9 heteroatoms. The molecule has 0 aliphatic carbocycles. The van der Waals surface area contributed by atoms with Crippen molar-refractivity contribution in [3.05, 3.63) is 35.9 Å². The van der Waals surface area contributed by atoms with Crippen LogP contribution in [0.4, 0.5) is 19.0 Å². The molecule has 1 N–H and O–H groups in total. The van der Waals surface area contributed by atoms with Crippen LogP contribution in [0.1, 0.15) is 12.0 Å². The number of alkyl halides is 3. The van der Waals surface area contributed by atoms with Crippen molar-refractivity contribution in [2.45, 2.75) is 24.7 Å². The summed E-state index contributed by atoms with van der Waals surface area (Å²) in [6.07, 6.45) is -3.56. The van der Waals surface area contributed by atoms with E-state index in [0.717, 1.165) is 31.6 Å². The summed E-state index contributed by atoms with van der Waals surface area (Å²) in [5, 5.41) is 18.2. The number of nitrogens with zero attached hydrogens (tertiary/aromatic N) is 4. The zero-order chi connectivity index (χ0) is 19.9. The van der Waals surface area contributed by atoms with E-state index in [9.17, 15) is 18.3 Å². The number of benzene rings is 1. The van der Waals surface area contributed by atoms with Gasteiger partial charge in [-0.25, -0.2) is 0 Å². The van der Waals surface area contributed by atoms with Crippen molar-refractivity contribution in [3.8, 4) is 17.0 Å². The monoisotopic (exact) mass is 394 g/mol. The summed E-state index contributed by atoms with van der Waals surface area (Å²) in [4.78, 5) is 4.33. The number of morpholine rings is 1. The van der Waals surface area contributed by atoms with Crippen molar-refractivity contribution in [2.75, 3.05) is 38.2 Å². The summed E-state index contributed by atoms with van der Waals surface area (Å²) in [6.45, 7) is 3.01. The predicted octanol–water partition coefficient (Wildman–Crippen LogP) is 2.78. The van der Waals surface area contributed by atoms with E-state index in [1.807, 2.05) is 0 Å². The number of phenols is 1. The van der Waals surface area contributed by atoms with Gasteiger partial charge in [0.15, 0.2) is 5.82 Å². The number of hydrogen-bond donors (Lipinski definition) is 1. The number of rotatable bonds is 2. The van der Waals surface area contributed by atoms with Crippen LogP contribution in [0.2, 0.25) is 0 Å². The fourth-order valence-corrected chi connectivity index (χ4v) is 3.97. The first-order valence-corrected chi connectivity index (χ1v) is 9.14. The Kier molecular flexibility index (Phi) is 4.88. The number of likely N-dealkylation sites (N-methyl/N-ethyl adjacent to an activating group) is 1. The molecule has 3 heterocycles. The maximum absolute atomic E-state index is 13.3. The summed E-state index contributed by atoms with van der Waals surface area (Å²) in [7, 11) is 2.05. The van der Waals surface area contributed by atoms with Crippen LogP contribution in [0.25, 0.3) is 11.3 Å². The Morgan fingerprint density at radius 1 is 1.14 bits per heavy atom. The normalized spacial score (nSPS) is 23.5. The van der Waals surface area contributed by atoms with E-state index in [0.29, 0.717) is 19.0 Å². The van der Waals surface area contributed by atoms with Crippen LogP contribution < -0.4 is 4.90 Å². The van der Waals surface area contributed by atoms with Crippen LogP contribution in [-0.4, -0.2) is 65.6 Å². The van der Waals surface area contributed by atoms with Gasteiger partial charge in [0, 0.05) is 19.6 Å². The number of hydrogen-bond acceptors (Lipinski definition) is 6. The largest absolute Gasteiger partial charge is 0.507 e. The number of fused-ring (bicyclic) bond motifs is 1. The topological polar surface area (TPSA) is 61.7 Å². The minimum atomic E-state index is -4.60. The molecule has 6 nitrogen and oxygen atoms in total. The Morgan fingerprint density at radius 3 is 2.68 bits per heavy atom. The fourth-order valence-electron chi connectivity index (χ4n) is 3.97. The molecule has 4 rings (SSSR count). The maximum Gasteiger partial charge on any atom is 0.417 e. The van der Waals surface area contributed by atoms with Crippen molar-refractivity contribution < 1.29 is 23.0 Å². The fraction of sp³-hybridized carbons (Fsp3) is 0.474. The lowest BCUT2D eigenvalue weighted by molar-refractivity contribution is -0.137. The van der Waals surface area contributed by atoms with Gasteiger partial charge in [-0.05, 0) is 37.7 Å². The molecule has 0 amide bonds. The lowest BCUT2D eigenvalue weighted by atomic mass is 9.99. The molecule has 2 fully saturated rings. The molecule has 0 unspecified atom stereocenters. The van der Waals surface area contributed by atoms with Gasteiger partial charge in [0.1, 0.15) is 5.75 Å². The highest BCUT2D eigenvalue weighted by Crippen LogP contribution is 2.41. The predicted molar refractivity (Wildman–Crippen MR) is 97.1 cm³/mol. The molecule has 150 valence electrons. The van der Waals surface area contributed by atoms with Gasteiger partial charge < -0.3 is 19.6 Å². The summed E-state index contributed by atoms with van der Waals surface area (Å²) in [5.41, 5.74) is -1.30. The third-order valence-electron chi connectivity index (χ3n) is 5.34. The van der Waals surface area contributed by atoms with E-state index in [2.05, 4.69) is 27.0 Å². The Hall–Kier alpha value is -2.39. The molecule has 2 atom stereocenters. The van der Waals surface area contributed by atoms with Crippen molar-refractivity contribution in [1.82, 2.24) is 15.1 Å². The molecule has 2 saturated heterocycles. The second-order valence-electron chi connectivity index (χ2n) is 7.20. The van der Waals surface area contributed by atoms with Gasteiger partial charge in [-0.2, -0.15) is 13.2 Å². The highest BCUT2D eigenvalue weighted by Gasteiger charge is 2.38. The Bertz CT molecular complexity index is 844. The summed E-state index contributed by atoms with van der Waals surface area (Å²) in [5.74, 6) is 0.124. The molecule has 0 spiro atoms. The number of piperidine rings is 1. The van der Waals surface area contributed by atoms with Crippen molar-refractivity contribution >= 4 is 5.82 Å². The van der Waals surface area contributed by atoms with Gasteiger partial charge in [0.25, 0.3) is 0 Å². The molecule has 2 aromatic rings. The summed E-state index contributed by atoms with van der Waals surface area (Å²) < 4.78 is 45.8. The number of phenolic OH excluding ortho intramolecular Hbond substituents is 1. The van der Waals surface area contributed by atoms with Gasteiger partial charge in [0.05, 0.1) is 35.6 Å². The van der Waals surface area contributed by atoms with Gasteiger partial charge in [-0.15, -0.1) is 10.2 Å². The van der Waals surface area contributed by atoms with Crippen LogP contribution >= 0.6 is 0 Å². The first-order valence-electron chi connectivity index (χ1n) is 9.14. The van der Waals surface area contributed by atoms with Crippen LogP contribution in [0, 0.1) is 0 Å². The van der Waals surface area contributed by atoms with Gasteiger partial charge in [0.2, 0.25) is 0 Å². The van der Waals surface area contributed by atoms with E-state index < -0.39 is 17.5 Å². The third-order valence-corrected chi connectivity index (χ3v) is 5.34. The van der Waals surface area contributed by atoms with Crippen LogP contribution in [0.5, 0.6) is 5.75 Å². The van der Waals surface area contributed by atoms with Gasteiger partial charge >= 0.3 is 6.18 Å². The van der Waals surface area contributed by atoms with Crippen molar-refractivity contribution in [1.29, 1.82) is 0 Å². The van der Waals surface area contributed by atoms with Crippen LogP contribution in [-0.2, 0) is 10.9 Å². The first-order chi connectivity index (χ1) is 13.3. The lowest BCUT2D eigenvalue weighted by Crippen LogP contribution is -2.59. The van der Waals surface area contributed by atoms with Gasteiger partial charge in [-0.3, -0.25) is 0 Å². The minimum absolute atomic E-state index is 0.0141. The molecule has 2 aliphatic rings. The smallest absolute Gasteiger partial charge is 0.417 e. The highest BCUT2D eigenvalue weighted by molar-refractivity contribution is 5.71. The van der Waals surface area contributed by atoms with Crippen LogP contribution in [0.15, 0.2) is 30.3 Å². The molecule has 28 heavy (non-hydrogen) atoms. The Labute approximate surface area is 160 Å². The molecule has 0 radical (unpaired) electrons. The van der Waals surface area contributed by atoms with E-state index in [1.54, 1.807) is 6.07 Å². The number of anilines is 1. The summed E-state index contributed by atoms with van der Waals surface area (Å²) in [6, 6.07) is 6.56. The number of aromatic nitrogens is 2. The second-order valence-corrected chi connectivity index (χ2v) is 7.20. The Morgan fingerprint density at radius 2 is 1.96 bits per heavy atom. The standard InChI is InChI=1S/C19H21F3N4O2/c1-25-8-7-16-14(11-25)26(9-10-28-16)17-6-5-13(23-24-17)18-12(19(20,21)22)3-2-4-15(18)27/h2-6,14,16,27H,7-11H2,1H3/t14-,16+/m0/s1. The lowest BCUT2D eigenvalue weighted by Gasteiger charge is -2.46. The average molecular weight is 394 g/mol. The van der Waals surface area contributed by atoms with E-state index in [4.69, 9.17) is 4.74 Å². The second kappa shape index (κ2) is 7.21. The van der Waals surface area contributed by atoms with Gasteiger partial charge in [-0.1, -0.05) is 6.07 Å². The molecular formula is C19H21F3N4O2. The molecule has 1 aromatic heterocycles. The zero-order valence-corrected chi connectivity index (χ0v) is 15.4. The summed E-state index contributed by atoms with van der Waals surface area (Å²) >= 11 is 0. The Balaban J connectivity index is 1.65. The van der Waals surface area contributed by atoms with Crippen molar-refractivity contribution in [2.24, 2.45) is 0 Å². The SMILES string of the molecule is CN1CC[C@H]2OCCN(c3ccc(-c4c(O)cccc4C(F)(F)F)nn3)[C@H]2C1. The molecular weight excluding hydrogens is 373 g/mol. The van der Waals surface area contributed by atoms with E-state index in [1.165, 1.54) is 12.1 Å². The quantitative estimate of drug-likeness (QED) is 0.845. The highest BCUT2D eigenvalue weighted by atomic mass is 19.4. The van der Waals surface area contributed by atoms with Crippen molar-refractivity contribution in [3.63, 3.8) is 0 Å². The average Bonchev–Trinajstić information content (AvgIpc) is 2.67. The number of likely N-dealkylation sites (tertiary alicyclic amines) is 1. The number of ether oxygens (including phenoxy) is 1. The molecule has 1 aromatic carbocycles. The third kappa shape index (κ3) is 3.51.